The Morgan fingerprint density at radius 2 is 2.08 bits per heavy atom. The SMILES string of the molecule is CCNC(=NCc1ccc(F)c(C)c1)NCC1CCN(C2CC2)C1.I. The molecule has 0 bridgehead atoms. The third kappa shape index (κ3) is 6.09. The van der Waals surface area contributed by atoms with Gasteiger partial charge in [-0.15, -0.1) is 24.0 Å². The minimum Gasteiger partial charge on any atom is -0.357 e. The van der Waals surface area contributed by atoms with Crippen molar-refractivity contribution in [2.24, 2.45) is 10.9 Å². The molecule has 1 aliphatic heterocycles. The van der Waals surface area contributed by atoms with E-state index in [-0.39, 0.29) is 29.8 Å². The summed E-state index contributed by atoms with van der Waals surface area (Å²) in [6.07, 6.45) is 4.06. The Bertz CT molecular complexity index is 589. The van der Waals surface area contributed by atoms with Gasteiger partial charge in [0, 0.05) is 25.7 Å². The predicted octanol–water partition coefficient (Wildman–Crippen LogP) is 3.29. The summed E-state index contributed by atoms with van der Waals surface area (Å²) >= 11 is 0. The van der Waals surface area contributed by atoms with Gasteiger partial charge in [-0.05, 0) is 62.8 Å². The van der Waals surface area contributed by atoms with Crippen LogP contribution in [-0.4, -0.2) is 43.1 Å². The number of hydrogen-bond donors (Lipinski definition) is 2. The highest BCUT2D eigenvalue weighted by Crippen LogP contribution is 2.31. The highest BCUT2D eigenvalue weighted by atomic mass is 127. The lowest BCUT2D eigenvalue weighted by molar-refractivity contribution is 0.314. The van der Waals surface area contributed by atoms with Gasteiger partial charge in [0.25, 0.3) is 0 Å². The first kappa shape index (κ1) is 20.4. The van der Waals surface area contributed by atoms with Crippen LogP contribution in [0.3, 0.4) is 0 Å². The van der Waals surface area contributed by atoms with Crippen molar-refractivity contribution < 1.29 is 4.39 Å². The Morgan fingerprint density at radius 1 is 1.28 bits per heavy atom. The van der Waals surface area contributed by atoms with Crippen molar-refractivity contribution in [2.75, 3.05) is 26.2 Å². The Morgan fingerprint density at radius 3 is 2.76 bits per heavy atom. The molecule has 140 valence electrons. The number of aliphatic imine (C=N–C) groups is 1. The van der Waals surface area contributed by atoms with Gasteiger partial charge in [0.1, 0.15) is 5.82 Å². The van der Waals surface area contributed by atoms with Gasteiger partial charge in [-0.25, -0.2) is 9.38 Å². The largest absolute Gasteiger partial charge is 0.357 e. The average molecular weight is 460 g/mol. The quantitative estimate of drug-likeness (QED) is 0.389. The molecule has 1 atom stereocenters. The molecule has 0 aromatic heterocycles. The number of guanidine groups is 1. The Labute approximate surface area is 167 Å². The molecule has 4 nitrogen and oxygen atoms in total. The van der Waals surface area contributed by atoms with Gasteiger partial charge in [-0.2, -0.15) is 0 Å². The van der Waals surface area contributed by atoms with Crippen LogP contribution in [0, 0.1) is 18.7 Å². The van der Waals surface area contributed by atoms with Crippen LogP contribution in [-0.2, 0) is 6.54 Å². The topological polar surface area (TPSA) is 39.7 Å². The van der Waals surface area contributed by atoms with Crippen molar-refractivity contribution >= 4 is 29.9 Å². The van der Waals surface area contributed by atoms with E-state index in [4.69, 9.17) is 0 Å². The molecule has 25 heavy (non-hydrogen) atoms. The second kappa shape index (κ2) is 9.71. The average Bonchev–Trinajstić information content (AvgIpc) is 3.32. The summed E-state index contributed by atoms with van der Waals surface area (Å²) in [4.78, 5) is 7.28. The number of nitrogens with zero attached hydrogens (tertiary/aromatic N) is 2. The van der Waals surface area contributed by atoms with Crippen molar-refractivity contribution in [1.82, 2.24) is 15.5 Å². The first-order valence-electron chi connectivity index (χ1n) is 9.17. The van der Waals surface area contributed by atoms with Crippen LogP contribution in [0.2, 0.25) is 0 Å². The van der Waals surface area contributed by atoms with Crippen LogP contribution >= 0.6 is 24.0 Å². The molecule has 0 radical (unpaired) electrons. The summed E-state index contributed by atoms with van der Waals surface area (Å²) in [6.45, 7) is 8.70. The van der Waals surface area contributed by atoms with Crippen LogP contribution < -0.4 is 10.6 Å². The molecule has 0 amide bonds. The summed E-state index contributed by atoms with van der Waals surface area (Å²) < 4.78 is 13.3. The molecule has 1 unspecified atom stereocenters. The second-order valence-corrected chi connectivity index (χ2v) is 7.04. The number of hydrogen-bond acceptors (Lipinski definition) is 2. The molecule has 6 heteroatoms. The zero-order valence-corrected chi connectivity index (χ0v) is 17.6. The second-order valence-electron chi connectivity index (χ2n) is 7.04. The maximum atomic E-state index is 13.3. The van der Waals surface area contributed by atoms with E-state index in [1.807, 2.05) is 6.07 Å². The van der Waals surface area contributed by atoms with Gasteiger partial charge < -0.3 is 15.5 Å². The van der Waals surface area contributed by atoms with E-state index >= 15 is 0 Å². The van der Waals surface area contributed by atoms with E-state index in [0.717, 1.165) is 30.7 Å². The Hall–Kier alpha value is -0.890. The minimum absolute atomic E-state index is 0. The van der Waals surface area contributed by atoms with Crippen molar-refractivity contribution in [1.29, 1.82) is 0 Å². The molecule has 1 saturated heterocycles. The molecule has 1 heterocycles. The standard InChI is InChI=1S/C19H29FN4.HI/c1-3-21-19(22-11-15-4-7-18(20)14(2)10-15)23-12-16-8-9-24(13-16)17-5-6-17;/h4,7,10,16-17H,3,5-6,8-9,11-13H2,1-2H3,(H2,21,22,23);1H. The maximum Gasteiger partial charge on any atom is 0.191 e. The highest BCUT2D eigenvalue weighted by Gasteiger charge is 2.34. The van der Waals surface area contributed by atoms with Crippen LogP contribution in [0.4, 0.5) is 4.39 Å². The van der Waals surface area contributed by atoms with Gasteiger partial charge in [0.2, 0.25) is 0 Å². The van der Waals surface area contributed by atoms with Crippen LogP contribution in [0.15, 0.2) is 23.2 Å². The zero-order chi connectivity index (χ0) is 16.9. The lowest BCUT2D eigenvalue weighted by Crippen LogP contribution is -2.40. The lowest BCUT2D eigenvalue weighted by Gasteiger charge is -2.17. The van der Waals surface area contributed by atoms with E-state index in [1.165, 1.54) is 38.4 Å². The molecule has 1 aliphatic carbocycles. The predicted molar refractivity (Wildman–Crippen MR) is 112 cm³/mol. The Kier molecular flexibility index (Phi) is 7.93. The number of likely N-dealkylation sites (tertiary alicyclic amines) is 1. The van der Waals surface area contributed by atoms with Crippen molar-refractivity contribution in [3.63, 3.8) is 0 Å². The van der Waals surface area contributed by atoms with E-state index in [1.54, 1.807) is 13.0 Å². The zero-order valence-electron chi connectivity index (χ0n) is 15.2. The van der Waals surface area contributed by atoms with E-state index in [2.05, 4.69) is 27.4 Å². The molecule has 1 aromatic carbocycles. The molecular weight excluding hydrogens is 430 g/mol. The monoisotopic (exact) mass is 460 g/mol. The number of aryl methyl sites for hydroxylation is 1. The van der Waals surface area contributed by atoms with Crippen LogP contribution in [0.1, 0.15) is 37.3 Å². The summed E-state index contributed by atoms with van der Waals surface area (Å²) in [5.74, 6) is 1.40. The number of rotatable bonds is 6. The fourth-order valence-corrected chi connectivity index (χ4v) is 3.36. The van der Waals surface area contributed by atoms with Gasteiger partial charge in [0.15, 0.2) is 5.96 Å². The van der Waals surface area contributed by atoms with Crippen molar-refractivity contribution in [2.45, 2.75) is 45.7 Å². The van der Waals surface area contributed by atoms with Crippen LogP contribution in [0.25, 0.3) is 0 Å². The molecule has 2 N–H and O–H groups in total. The molecule has 1 aromatic rings. The van der Waals surface area contributed by atoms with Gasteiger partial charge in [-0.1, -0.05) is 12.1 Å². The van der Waals surface area contributed by atoms with E-state index < -0.39 is 0 Å². The van der Waals surface area contributed by atoms with E-state index in [0.29, 0.717) is 18.0 Å². The number of halogens is 2. The van der Waals surface area contributed by atoms with E-state index in [9.17, 15) is 4.39 Å². The summed E-state index contributed by atoms with van der Waals surface area (Å²) in [7, 11) is 0. The first-order chi connectivity index (χ1) is 11.7. The fourth-order valence-electron chi connectivity index (χ4n) is 3.36. The van der Waals surface area contributed by atoms with Gasteiger partial charge >= 0.3 is 0 Å². The molecule has 1 saturated carbocycles. The first-order valence-corrected chi connectivity index (χ1v) is 9.17. The van der Waals surface area contributed by atoms with Gasteiger partial charge in [0.05, 0.1) is 6.54 Å². The van der Waals surface area contributed by atoms with Crippen LogP contribution in [0.5, 0.6) is 0 Å². The van der Waals surface area contributed by atoms with Crippen molar-refractivity contribution in [3.8, 4) is 0 Å². The lowest BCUT2D eigenvalue weighted by atomic mass is 10.1. The third-order valence-corrected chi connectivity index (χ3v) is 4.93. The molecular formula is C19H30FIN4. The smallest absolute Gasteiger partial charge is 0.191 e. The van der Waals surface area contributed by atoms with Gasteiger partial charge in [-0.3, -0.25) is 0 Å². The fraction of sp³-hybridized carbons (Fsp3) is 0.632. The molecule has 3 rings (SSSR count). The number of benzene rings is 1. The summed E-state index contributed by atoms with van der Waals surface area (Å²) in [6, 6.07) is 6.07. The normalized spacial score (nSPS) is 21.1. The number of nitrogens with one attached hydrogen (secondary N) is 2. The highest BCUT2D eigenvalue weighted by molar-refractivity contribution is 14.0. The molecule has 2 aliphatic rings. The summed E-state index contributed by atoms with van der Waals surface area (Å²) in [5.41, 5.74) is 1.71. The molecule has 0 spiro atoms. The van der Waals surface area contributed by atoms with Crippen molar-refractivity contribution in [3.05, 3.63) is 35.1 Å². The summed E-state index contributed by atoms with van der Waals surface area (Å²) in [5, 5.41) is 6.78. The molecule has 2 fully saturated rings. The Balaban J connectivity index is 0.00000225. The maximum absolute atomic E-state index is 13.3. The minimum atomic E-state index is -0.158. The third-order valence-electron chi connectivity index (χ3n) is 4.93.